The highest BCUT2D eigenvalue weighted by molar-refractivity contribution is 6.20. The van der Waals surface area contributed by atoms with Gasteiger partial charge in [-0.05, 0) is 51.9 Å². The first-order valence-corrected chi connectivity index (χ1v) is 13.9. The number of hydrogen-bond donors (Lipinski definition) is 2. The molecular formula is C34H32N2O3. The zero-order valence-corrected chi connectivity index (χ0v) is 22.2. The molecule has 0 radical (unpaired) electrons. The number of benzene rings is 4. The Morgan fingerprint density at radius 1 is 1.00 bits per heavy atom. The van der Waals surface area contributed by atoms with Crippen molar-refractivity contribution >= 4 is 27.7 Å². The Morgan fingerprint density at radius 2 is 1.82 bits per heavy atom. The molecule has 1 aromatic heterocycles. The number of nitrogens with zero attached hydrogens (tertiary/aromatic N) is 1. The highest BCUT2D eigenvalue weighted by Crippen LogP contribution is 2.48. The van der Waals surface area contributed by atoms with E-state index in [1.165, 1.54) is 33.2 Å². The summed E-state index contributed by atoms with van der Waals surface area (Å²) >= 11 is 0. The Balaban J connectivity index is 1.35. The van der Waals surface area contributed by atoms with Gasteiger partial charge in [0, 0.05) is 53.9 Å². The molecule has 7 rings (SSSR count). The molecule has 4 aromatic carbocycles. The molecule has 2 N–H and O–H groups in total. The predicted molar refractivity (Wildman–Crippen MR) is 155 cm³/mol. The molecule has 0 bridgehead atoms. The van der Waals surface area contributed by atoms with Crippen molar-refractivity contribution in [2.75, 3.05) is 13.2 Å². The molecule has 5 aromatic rings. The van der Waals surface area contributed by atoms with Crippen molar-refractivity contribution in [3.8, 4) is 11.1 Å². The number of rotatable bonds is 8. The number of carbonyl (C=O) groups excluding carboxylic acids is 1. The number of aliphatic hydroxyl groups excluding tert-OH is 1. The fraction of sp³-hybridized carbons (Fsp3) is 0.265. The van der Waals surface area contributed by atoms with Crippen molar-refractivity contribution in [1.82, 2.24) is 9.88 Å². The molecule has 2 aliphatic rings. The van der Waals surface area contributed by atoms with Gasteiger partial charge in [-0.25, -0.2) is 0 Å². The highest BCUT2D eigenvalue weighted by Gasteiger charge is 2.35. The number of aryl methyl sites for hydroxylation is 1. The number of aromatic nitrogens is 1. The number of hydrogen-bond acceptors (Lipinski definition) is 3. The number of amides is 1. The first kappa shape index (κ1) is 24.1. The van der Waals surface area contributed by atoms with Crippen LogP contribution >= 0.6 is 0 Å². The smallest absolute Gasteiger partial charge is 0.252 e. The van der Waals surface area contributed by atoms with Gasteiger partial charge >= 0.3 is 0 Å². The van der Waals surface area contributed by atoms with Gasteiger partial charge < -0.3 is 19.7 Å². The summed E-state index contributed by atoms with van der Waals surface area (Å²) in [5.74, 6) is 0.338. The van der Waals surface area contributed by atoms with E-state index < -0.39 is 0 Å². The molecule has 1 atom stereocenters. The lowest BCUT2D eigenvalue weighted by Crippen LogP contribution is -2.13. The van der Waals surface area contributed by atoms with Crippen LogP contribution in [0, 0.1) is 0 Å². The van der Waals surface area contributed by atoms with Crippen LogP contribution in [0.15, 0.2) is 72.8 Å². The van der Waals surface area contributed by atoms with Crippen LogP contribution in [-0.2, 0) is 30.9 Å². The van der Waals surface area contributed by atoms with Gasteiger partial charge in [-0.2, -0.15) is 0 Å². The Morgan fingerprint density at radius 3 is 2.67 bits per heavy atom. The van der Waals surface area contributed by atoms with Crippen LogP contribution in [0.1, 0.15) is 57.4 Å². The lowest BCUT2D eigenvalue weighted by molar-refractivity contribution is 0.0966. The second kappa shape index (κ2) is 9.67. The molecule has 5 nitrogen and oxygen atoms in total. The molecule has 196 valence electrons. The number of ether oxygens (including phenoxy) is 1. The third kappa shape index (κ3) is 3.88. The van der Waals surface area contributed by atoms with E-state index in [2.05, 4.69) is 83.5 Å². The summed E-state index contributed by atoms with van der Waals surface area (Å²) in [5.41, 5.74) is 11.4. The second-order valence-electron chi connectivity index (χ2n) is 10.9. The Bertz CT molecular complexity index is 1740. The van der Waals surface area contributed by atoms with Gasteiger partial charge in [-0.15, -0.1) is 0 Å². The summed E-state index contributed by atoms with van der Waals surface area (Å²) in [6, 6.07) is 25.5. The molecule has 5 heteroatoms. The number of aliphatic hydroxyl groups is 1. The summed E-state index contributed by atoms with van der Waals surface area (Å²) in [7, 11) is 0. The van der Waals surface area contributed by atoms with E-state index in [1.807, 2.05) is 6.07 Å². The second-order valence-corrected chi connectivity index (χ2v) is 10.9. The molecule has 1 amide bonds. The van der Waals surface area contributed by atoms with Crippen LogP contribution in [0.5, 0.6) is 0 Å². The quantitative estimate of drug-likeness (QED) is 0.249. The monoisotopic (exact) mass is 516 g/mol. The minimum Gasteiger partial charge on any atom is -0.396 e. The molecule has 39 heavy (non-hydrogen) atoms. The summed E-state index contributed by atoms with van der Waals surface area (Å²) < 4.78 is 8.56. The largest absolute Gasteiger partial charge is 0.396 e. The minimum atomic E-state index is 0.0190. The standard InChI is InChI=1S/C34H32N2O3/c1-21(23-8-3-2-4-9-23)19-39-20-22-12-13-29-26(16-22)31-28-18-35-34(38)32(28)30-25-11-6-5-10-24(25)17-27(30)33(31)36(29)14-7-15-37/h2-6,8-13,16,21,37H,7,14-15,17-20H2,1H3,(H,35,38). The van der Waals surface area contributed by atoms with Crippen molar-refractivity contribution in [2.45, 2.75) is 45.4 Å². The maximum Gasteiger partial charge on any atom is 0.252 e. The van der Waals surface area contributed by atoms with Crippen molar-refractivity contribution in [2.24, 2.45) is 0 Å². The zero-order valence-electron chi connectivity index (χ0n) is 22.2. The maximum absolute atomic E-state index is 13.2. The van der Waals surface area contributed by atoms with Crippen LogP contribution in [0.25, 0.3) is 32.9 Å². The molecule has 2 heterocycles. The average molecular weight is 517 g/mol. The van der Waals surface area contributed by atoms with E-state index in [0.29, 0.717) is 32.1 Å². The SMILES string of the molecule is CC(COCc1ccc2c(c1)c1c3c(c4c(c1n2CCCO)Cc1ccccc1-4)C(=O)NC3)c1ccccc1. The lowest BCUT2D eigenvalue weighted by Gasteiger charge is -2.13. The summed E-state index contributed by atoms with van der Waals surface area (Å²) in [4.78, 5) is 13.2. The van der Waals surface area contributed by atoms with Crippen LogP contribution in [0.2, 0.25) is 0 Å². The Kier molecular flexibility index (Phi) is 5.98. The fourth-order valence-corrected chi connectivity index (χ4v) is 6.61. The van der Waals surface area contributed by atoms with E-state index >= 15 is 0 Å². The van der Waals surface area contributed by atoms with Crippen LogP contribution in [0.4, 0.5) is 0 Å². The molecule has 0 fully saturated rings. The van der Waals surface area contributed by atoms with Crippen LogP contribution < -0.4 is 5.32 Å². The van der Waals surface area contributed by atoms with Gasteiger partial charge in [0.05, 0.1) is 24.3 Å². The van der Waals surface area contributed by atoms with E-state index in [0.717, 1.165) is 46.1 Å². The molecule has 0 spiro atoms. The van der Waals surface area contributed by atoms with Gasteiger partial charge in [0.25, 0.3) is 5.91 Å². The number of fused-ring (bicyclic) bond motifs is 10. The van der Waals surface area contributed by atoms with E-state index in [9.17, 15) is 9.90 Å². The summed E-state index contributed by atoms with van der Waals surface area (Å²) in [6.45, 7) is 4.78. The zero-order chi connectivity index (χ0) is 26.5. The summed E-state index contributed by atoms with van der Waals surface area (Å²) in [6.07, 6.45) is 1.49. The number of carbonyl (C=O) groups is 1. The van der Waals surface area contributed by atoms with E-state index in [1.54, 1.807) is 0 Å². The number of nitrogens with one attached hydrogen (secondary N) is 1. The summed E-state index contributed by atoms with van der Waals surface area (Å²) in [5, 5.41) is 15.2. The minimum absolute atomic E-state index is 0.0190. The molecule has 0 saturated heterocycles. The lowest BCUT2D eigenvalue weighted by atomic mass is 9.92. The van der Waals surface area contributed by atoms with Crippen molar-refractivity contribution in [3.63, 3.8) is 0 Å². The van der Waals surface area contributed by atoms with Crippen molar-refractivity contribution < 1.29 is 14.6 Å². The Hall–Kier alpha value is -3.93. The normalized spacial score (nSPS) is 14.5. The van der Waals surface area contributed by atoms with Gasteiger partial charge in [0.1, 0.15) is 0 Å². The van der Waals surface area contributed by atoms with Crippen molar-refractivity contribution in [1.29, 1.82) is 0 Å². The first-order chi connectivity index (χ1) is 19.2. The third-order valence-corrected chi connectivity index (χ3v) is 8.42. The van der Waals surface area contributed by atoms with Crippen LogP contribution in [0.3, 0.4) is 0 Å². The van der Waals surface area contributed by atoms with Gasteiger partial charge in [-0.1, -0.05) is 67.6 Å². The molecule has 0 saturated carbocycles. The van der Waals surface area contributed by atoms with E-state index in [4.69, 9.17) is 4.74 Å². The fourth-order valence-electron chi connectivity index (χ4n) is 6.61. The molecule has 1 aliphatic carbocycles. The molecular weight excluding hydrogens is 484 g/mol. The maximum atomic E-state index is 13.2. The predicted octanol–water partition coefficient (Wildman–Crippen LogP) is 6.31. The van der Waals surface area contributed by atoms with Crippen LogP contribution in [-0.4, -0.2) is 28.8 Å². The van der Waals surface area contributed by atoms with Crippen molar-refractivity contribution in [3.05, 3.63) is 106 Å². The van der Waals surface area contributed by atoms with E-state index in [-0.39, 0.29) is 12.5 Å². The van der Waals surface area contributed by atoms with Gasteiger partial charge in [-0.3, -0.25) is 4.79 Å². The Labute approximate surface area is 228 Å². The highest BCUT2D eigenvalue weighted by atomic mass is 16.5. The first-order valence-electron chi connectivity index (χ1n) is 13.9. The van der Waals surface area contributed by atoms with Gasteiger partial charge in [0.2, 0.25) is 0 Å². The third-order valence-electron chi connectivity index (χ3n) is 8.42. The molecule has 1 aliphatic heterocycles. The topological polar surface area (TPSA) is 63.5 Å². The molecule has 1 unspecified atom stereocenters. The average Bonchev–Trinajstić information content (AvgIpc) is 3.63. The van der Waals surface area contributed by atoms with Gasteiger partial charge in [0.15, 0.2) is 0 Å².